The summed E-state index contributed by atoms with van der Waals surface area (Å²) in [5, 5.41) is 9.28. The van der Waals surface area contributed by atoms with Gasteiger partial charge in [-0.05, 0) is 18.2 Å². The van der Waals surface area contributed by atoms with Crippen molar-refractivity contribution >= 4 is 5.97 Å². The highest BCUT2D eigenvalue weighted by Gasteiger charge is 2.43. The second-order valence-corrected chi connectivity index (χ2v) is 4.90. The van der Waals surface area contributed by atoms with Crippen LogP contribution < -0.4 is 0 Å². The highest BCUT2D eigenvalue weighted by molar-refractivity contribution is 5.67. The van der Waals surface area contributed by atoms with E-state index in [1.165, 1.54) is 6.92 Å². The molecule has 1 aliphatic rings. The van der Waals surface area contributed by atoms with Crippen molar-refractivity contribution in [3.05, 3.63) is 24.0 Å². The van der Waals surface area contributed by atoms with E-state index in [2.05, 4.69) is 0 Å². The Hall–Kier alpha value is -1.25. The molecule has 1 aliphatic carbocycles. The van der Waals surface area contributed by atoms with Crippen LogP contribution in [0.15, 0.2) is 24.0 Å². The fraction of sp³-hybridized carbons (Fsp3) is 0.583. The van der Waals surface area contributed by atoms with Crippen LogP contribution in [0.25, 0.3) is 0 Å². The topological polar surface area (TPSA) is 46.5 Å². The molecule has 1 N–H and O–H groups in total. The predicted molar refractivity (Wildman–Crippen MR) is 58.4 cm³/mol. The fourth-order valence-corrected chi connectivity index (χ4v) is 1.65. The molecule has 1 unspecified atom stereocenters. The van der Waals surface area contributed by atoms with Gasteiger partial charge in [-0.2, -0.15) is 0 Å². The van der Waals surface area contributed by atoms with E-state index in [0.717, 1.165) is 0 Å². The van der Waals surface area contributed by atoms with E-state index in [9.17, 15) is 9.90 Å². The second kappa shape index (κ2) is 3.72. The third-order valence-corrected chi connectivity index (χ3v) is 2.73. The number of hydrogen-bond donors (Lipinski definition) is 1. The van der Waals surface area contributed by atoms with Crippen LogP contribution in [-0.4, -0.2) is 16.7 Å². The van der Waals surface area contributed by atoms with Gasteiger partial charge in [0, 0.05) is 18.8 Å². The van der Waals surface area contributed by atoms with Crippen molar-refractivity contribution in [1.82, 2.24) is 0 Å². The Morgan fingerprint density at radius 2 is 2.13 bits per heavy atom. The van der Waals surface area contributed by atoms with Crippen molar-refractivity contribution in [2.75, 3.05) is 0 Å². The number of allylic oxidation sites excluding steroid dienone is 1. The number of carbonyl (C=O) groups excluding carboxylic acids is 1. The molecular weight excluding hydrogens is 192 g/mol. The van der Waals surface area contributed by atoms with Crippen LogP contribution in [0.2, 0.25) is 0 Å². The van der Waals surface area contributed by atoms with Crippen LogP contribution in [0.5, 0.6) is 0 Å². The molecule has 84 valence electrons. The van der Waals surface area contributed by atoms with Gasteiger partial charge in [0.05, 0.1) is 0 Å². The maximum atomic E-state index is 11.1. The lowest BCUT2D eigenvalue weighted by Gasteiger charge is -2.42. The van der Waals surface area contributed by atoms with Crippen LogP contribution >= 0.6 is 0 Å². The molecule has 1 rings (SSSR count). The van der Waals surface area contributed by atoms with Crippen LogP contribution in [0.4, 0.5) is 0 Å². The zero-order valence-corrected chi connectivity index (χ0v) is 9.70. The number of aliphatic hydroxyl groups excluding tert-OH is 1. The lowest BCUT2D eigenvalue weighted by Crippen LogP contribution is -2.45. The Morgan fingerprint density at radius 3 is 2.47 bits per heavy atom. The van der Waals surface area contributed by atoms with Gasteiger partial charge in [0.15, 0.2) is 0 Å². The molecule has 0 bridgehead atoms. The van der Waals surface area contributed by atoms with Crippen LogP contribution in [-0.2, 0) is 9.53 Å². The molecule has 0 spiro atoms. The summed E-state index contributed by atoms with van der Waals surface area (Å²) < 4.78 is 5.41. The molecule has 0 aliphatic heterocycles. The third kappa shape index (κ3) is 2.41. The summed E-state index contributed by atoms with van der Waals surface area (Å²) in [6.07, 6.45) is 5.54. The second-order valence-electron chi connectivity index (χ2n) is 4.90. The Morgan fingerprint density at radius 1 is 1.53 bits per heavy atom. The van der Waals surface area contributed by atoms with Crippen molar-refractivity contribution in [2.45, 2.75) is 39.7 Å². The first kappa shape index (κ1) is 11.8. The van der Waals surface area contributed by atoms with E-state index in [1.54, 1.807) is 18.2 Å². The minimum absolute atomic E-state index is 0.202. The van der Waals surface area contributed by atoms with Crippen LogP contribution in [0.3, 0.4) is 0 Å². The van der Waals surface area contributed by atoms with Gasteiger partial charge >= 0.3 is 5.97 Å². The number of esters is 1. The summed E-state index contributed by atoms with van der Waals surface area (Å²) >= 11 is 0. The van der Waals surface area contributed by atoms with Crippen molar-refractivity contribution in [3.63, 3.8) is 0 Å². The quantitative estimate of drug-likeness (QED) is 0.677. The summed E-state index contributed by atoms with van der Waals surface area (Å²) in [7, 11) is 0. The van der Waals surface area contributed by atoms with E-state index < -0.39 is 5.60 Å². The van der Waals surface area contributed by atoms with Gasteiger partial charge in [-0.25, -0.2) is 0 Å². The predicted octanol–water partition coefficient (Wildman–Crippen LogP) is 2.74. The Bertz CT molecular complexity index is 320. The van der Waals surface area contributed by atoms with Gasteiger partial charge in [-0.3, -0.25) is 4.79 Å². The van der Waals surface area contributed by atoms with Gasteiger partial charge in [-0.1, -0.05) is 20.8 Å². The van der Waals surface area contributed by atoms with Crippen molar-refractivity contribution in [2.24, 2.45) is 5.41 Å². The Balaban J connectivity index is 3.01. The fourth-order valence-electron chi connectivity index (χ4n) is 1.65. The van der Waals surface area contributed by atoms with E-state index >= 15 is 0 Å². The molecule has 15 heavy (non-hydrogen) atoms. The number of hydrogen-bond acceptors (Lipinski definition) is 3. The zero-order chi connectivity index (χ0) is 11.7. The van der Waals surface area contributed by atoms with Gasteiger partial charge in [0.2, 0.25) is 0 Å². The first-order valence-corrected chi connectivity index (χ1v) is 5.05. The number of ether oxygens (including phenoxy) is 1. The van der Waals surface area contributed by atoms with Gasteiger partial charge in [0.25, 0.3) is 0 Å². The van der Waals surface area contributed by atoms with Crippen molar-refractivity contribution in [1.29, 1.82) is 0 Å². The lowest BCUT2D eigenvalue weighted by atomic mass is 9.72. The van der Waals surface area contributed by atoms with Crippen LogP contribution in [0.1, 0.15) is 34.1 Å². The zero-order valence-electron chi connectivity index (χ0n) is 9.70. The molecule has 3 nitrogen and oxygen atoms in total. The molecule has 0 aromatic rings. The standard InChI is InChI=1S/C12H18O3/c1-9(13)15-12(11(2,3)4)7-5-10(14)6-8-12/h5-7,14H,8H2,1-4H3. The molecular formula is C12H18O3. The third-order valence-electron chi connectivity index (χ3n) is 2.73. The van der Waals surface area contributed by atoms with E-state index in [0.29, 0.717) is 6.42 Å². The molecule has 0 amide bonds. The first-order chi connectivity index (χ1) is 6.77. The minimum atomic E-state index is -0.648. The van der Waals surface area contributed by atoms with Gasteiger partial charge < -0.3 is 9.84 Å². The molecule has 0 radical (unpaired) electrons. The molecule has 0 aromatic carbocycles. The van der Waals surface area contributed by atoms with E-state index in [-0.39, 0.29) is 17.1 Å². The minimum Gasteiger partial charge on any atom is -0.508 e. The van der Waals surface area contributed by atoms with E-state index in [4.69, 9.17) is 4.74 Å². The summed E-state index contributed by atoms with van der Waals surface area (Å²) in [4.78, 5) is 11.1. The van der Waals surface area contributed by atoms with Gasteiger partial charge in [-0.15, -0.1) is 0 Å². The summed E-state index contributed by atoms with van der Waals surface area (Å²) in [6.45, 7) is 7.43. The average Bonchev–Trinajstić information content (AvgIpc) is 2.06. The number of rotatable bonds is 1. The largest absolute Gasteiger partial charge is 0.508 e. The SMILES string of the molecule is CC(=O)OC1(C(C)(C)C)C=CC(O)=CC1. The average molecular weight is 210 g/mol. The van der Waals surface area contributed by atoms with Crippen LogP contribution in [0, 0.1) is 5.41 Å². The first-order valence-electron chi connectivity index (χ1n) is 5.05. The summed E-state index contributed by atoms with van der Waals surface area (Å²) in [6, 6.07) is 0. The molecule has 3 heteroatoms. The molecule has 0 aromatic heterocycles. The van der Waals surface area contributed by atoms with E-state index in [1.807, 2.05) is 20.8 Å². The normalized spacial score (nSPS) is 26.0. The van der Waals surface area contributed by atoms with Gasteiger partial charge in [0.1, 0.15) is 11.4 Å². The smallest absolute Gasteiger partial charge is 0.303 e. The van der Waals surface area contributed by atoms with Crippen molar-refractivity contribution in [3.8, 4) is 0 Å². The number of aliphatic hydroxyl groups is 1. The molecule has 0 heterocycles. The maximum Gasteiger partial charge on any atom is 0.303 e. The lowest BCUT2D eigenvalue weighted by molar-refractivity contribution is -0.162. The highest BCUT2D eigenvalue weighted by Crippen LogP contribution is 2.40. The molecule has 0 fully saturated rings. The molecule has 1 atom stereocenters. The number of carbonyl (C=O) groups is 1. The maximum absolute atomic E-state index is 11.1. The molecule has 0 saturated carbocycles. The Kier molecular flexibility index (Phi) is 2.93. The Labute approximate surface area is 90.4 Å². The molecule has 0 saturated heterocycles. The highest BCUT2D eigenvalue weighted by atomic mass is 16.6. The summed E-state index contributed by atoms with van der Waals surface area (Å²) in [5.74, 6) is -0.0774. The monoisotopic (exact) mass is 210 g/mol. The summed E-state index contributed by atoms with van der Waals surface area (Å²) in [5.41, 5.74) is -0.850. The van der Waals surface area contributed by atoms with Crippen molar-refractivity contribution < 1.29 is 14.6 Å².